The van der Waals surface area contributed by atoms with Crippen LogP contribution >= 0.6 is 0 Å². The van der Waals surface area contributed by atoms with E-state index in [0.717, 1.165) is 23.0 Å². The SMILES string of the molecule is CCN(CC)CCN1C(=O)CN(/N=C/c2ccc([N+](=O)[O-])o2)C1=O. The molecule has 0 unspecified atom stereocenters. The smallest absolute Gasteiger partial charge is 0.400 e. The van der Waals surface area contributed by atoms with Gasteiger partial charge < -0.3 is 9.32 Å². The zero-order valence-corrected chi connectivity index (χ0v) is 13.5. The van der Waals surface area contributed by atoms with Gasteiger partial charge in [0.25, 0.3) is 5.91 Å². The van der Waals surface area contributed by atoms with Crippen LogP contribution in [-0.2, 0) is 4.79 Å². The molecule has 1 aliphatic heterocycles. The lowest BCUT2D eigenvalue weighted by atomic mass is 10.4. The molecule has 2 rings (SSSR count). The van der Waals surface area contributed by atoms with Crippen LogP contribution in [0.4, 0.5) is 10.7 Å². The molecule has 3 amide bonds. The van der Waals surface area contributed by atoms with Gasteiger partial charge in [-0.05, 0) is 19.2 Å². The third-order valence-electron chi connectivity index (χ3n) is 3.69. The van der Waals surface area contributed by atoms with Crippen LogP contribution in [0.2, 0.25) is 0 Å². The number of urea groups is 1. The maximum Gasteiger partial charge on any atom is 0.433 e. The van der Waals surface area contributed by atoms with Crippen molar-refractivity contribution in [1.82, 2.24) is 14.8 Å². The van der Waals surface area contributed by atoms with Gasteiger partial charge in [0.15, 0.2) is 5.76 Å². The van der Waals surface area contributed by atoms with E-state index in [9.17, 15) is 19.7 Å². The van der Waals surface area contributed by atoms with Gasteiger partial charge in [-0.3, -0.25) is 19.8 Å². The minimum absolute atomic E-state index is 0.128. The molecule has 1 saturated heterocycles. The van der Waals surface area contributed by atoms with E-state index in [2.05, 4.69) is 10.0 Å². The topological polar surface area (TPSA) is 112 Å². The quantitative estimate of drug-likeness (QED) is 0.304. The molecular formula is C14H19N5O5. The van der Waals surface area contributed by atoms with Crippen molar-refractivity contribution < 1.29 is 18.9 Å². The monoisotopic (exact) mass is 337 g/mol. The first-order valence-corrected chi connectivity index (χ1v) is 7.58. The molecule has 1 fully saturated rings. The summed E-state index contributed by atoms with van der Waals surface area (Å²) in [4.78, 5) is 37.3. The van der Waals surface area contributed by atoms with Crippen LogP contribution in [0.15, 0.2) is 21.7 Å². The molecule has 0 aromatic carbocycles. The van der Waals surface area contributed by atoms with E-state index in [-0.39, 0.29) is 18.2 Å². The predicted octanol–water partition coefficient (Wildman–Crippen LogP) is 1.13. The molecule has 0 spiro atoms. The van der Waals surface area contributed by atoms with Crippen molar-refractivity contribution in [3.8, 4) is 0 Å². The van der Waals surface area contributed by atoms with Gasteiger partial charge in [-0.15, -0.1) is 0 Å². The van der Waals surface area contributed by atoms with Gasteiger partial charge in [0.05, 0.1) is 12.3 Å². The third-order valence-corrected chi connectivity index (χ3v) is 3.69. The van der Waals surface area contributed by atoms with Gasteiger partial charge in [-0.25, -0.2) is 9.80 Å². The van der Waals surface area contributed by atoms with Gasteiger partial charge in [0, 0.05) is 13.1 Å². The second-order valence-corrected chi connectivity index (χ2v) is 5.09. The van der Waals surface area contributed by atoms with Crippen molar-refractivity contribution in [1.29, 1.82) is 0 Å². The van der Waals surface area contributed by atoms with Crippen LogP contribution in [0.1, 0.15) is 19.6 Å². The van der Waals surface area contributed by atoms with E-state index in [0.29, 0.717) is 13.1 Å². The Morgan fingerprint density at radius 2 is 2.08 bits per heavy atom. The van der Waals surface area contributed by atoms with Gasteiger partial charge in [0.1, 0.15) is 11.5 Å². The standard InChI is InChI=1S/C14H19N5O5/c1-3-16(4-2)7-8-17-12(20)10-18(14(17)21)15-9-11-5-6-13(24-11)19(22)23/h5-6,9H,3-4,7-8,10H2,1-2H3/b15-9+. The van der Waals surface area contributed by atoms with Crippen LogP contribution in [0.3, 0.4) is 0 Å². The molecule has 2 heterocycles. The zero-order chi connectivity index (χ0) is 17.7. The summed E-state index contributed by atoms with van der Waals surface area (Å²) in [7, 11) is 0. The molecule has 10 nitrogen and oxygen atoms in total. The summed E-state index contributed by atoms with van der Waals surface area (Å²) in [6.07, 6.45) is 1.17. The van der Waals surface area contributed by atoms with E-state index in [1.807, 2.05) is 13.8 Å². The van der Waals surface area contributed by atoms with E-state index in [1.54, 1.807) is 0 Å². The van der Waals surface area contributed by atoms with Crippen molar-refractivity contribution in [2.75, 3.05) is 32.7 Å². The highest BCUT2D eigenvalue weighted by Gasteiger charge is 2.35. The van der Waals surface area contributed by atoms with Gasteiger partial charge in [-0.2, -0.15) is 5.10 Å². The molecule has 0 saturated carbocycles. The molecule has 10 heteroatoms. The van der Waals surface area contributed by atoms with Crippen molar-refractivity contribution in [2.45, 2.75) is 13.8 Å². The third kappa shape index (κ3) is 3.96. The molecule has 1 aliphatic rings. The fraction of sp³-hybridized carbons (Fsp3) is 0.500. The Hall–Kier alpha value is -2.75. The summed E-state index contributed by atoms with van der Waals surface area (Å²) in [5, 5.41) is 15.4. The fourth-order valence-corrected chi connectivity index (χ4v) is 2.26. The first-order valence-electron chi connectivity index (χ1n) is 7.58. The van der Waals surface area contributed by atoms with E-state index in [4.69, 9.17) is 4.42 Å². The van der Waals surface area contributed by atoms with Crippen molar-refractivity contribution in [3.63, 3.8) is 0 Å². The minimum Gasteiger partial charge on any atom is -0.400 e. The molecule has 1 aromatic heterocycles. The van der Waals surface area contributed by atoms with Gasteiger partial charge >= 0.3 is 11.9 Å². The summed E-state index contributed by atoms with van der Waals surface area (Å²) < 4.78 is 4.91. The Bertz CT molecular complexity index is 652. The Kier molecular flexibility index (Phi) is 5.64. The Morgan fingerprint density at radius 1 is 1.38 bits per heavy atom. The number of furan rings is 1. The largest absolute Gasteiger partial charge is 0.433 e. The average molecular weight is 337 g/mol. The number of likely N-dealkylation sites (N-methyl/N-ethyl adjacent to an activating group) is 1. The summed E-state index contributed by atoms with van der Waals surface area (Å²) >= 11 is 0. The van der Waals surface area contributed by atoms with Crippen molar-refractivity contribution in [2.24, 2.45) is 5.10 Å². The number of amides is 3. The van der Waals surface area contributed by atoms with Gasteiger partial charge in [0.2, 0.25) is 0 Å². The number of carbonyl (C=O) groups is 2. The molecule has 1 aromatic rings. The Labute approximate surface area is 138 Å². The second-order valence-electron chi connectivity index (χ2n) is 5.09. The molecule has 0 radical (unpaired) electrons. The van der Waals surface area contributed by atoms with Crippen LogP contribution < -0.4 is 0 Å². The number of hydrogen-bond acceptors (Lipinski definition) is 7. The summed E-state index contributed by atoms with van der Waals surface area (Å²) in [6.45, 7) is 6.45. The maximum atomic E-state index is 12.2. The summed E-state index contributed by atoms with van der Waals surface area (Å²) in [5.41, 5.74) is 0. The first kappa shape index (κ1) is 17.6. The number of carbonyl (C=O) groups excluding carboxylic acids is 2. The number of nitro groups is 1. The minimum atomic E-state index is -0.670. The van der Waals surface area contributed by atoms with Crippen molar-refractivity contribution in [3.05, 3.63) is 28.0 Å². The molecule has 0 N–H and O–H groups in total. The number of rotatable bonds is 8. The van der Waals surface area contributed by atoms with Crippen LogP contribution in [0.5, 0.6) is 0 Å². The summed E-state index contributed by atoms with van der Waals surface area (Å²) in [5.74, 6) is -0.612. The second kappa shape index (κ2) is 7.68. The first-order chi connectivity index (χ1) is 11.5. The number of nitrogens with zero attached hydrogens (tertiary/aromatic N) is 5. The molecular weight excluding hydrogens is 318 g/mol. The Balaban J connectivity index is 1.97. The zero-order valence-electron chi connectivity index (χ0n) is 13.5. The molecule has 0 atom stereocenters. The highest BCUT2D eigenvalue weighted by Crippen LogP contribution is 2.15. The maximum absolute atomic E-state index is 12.2. The Morgan fingerprint density at radius 3 is 2.67 bits per heavy atom. The molecule has 130 valence electrons. The van der Waals surface area contributed by atoms with Crippen LogP contribution in [0, 0.1) is 10.1 Å². The normalized spacial score (nSPS) is 15.3. The summed E-state index contributed by atoms with van der Waals surface area (Å²) in [6, 6.07) is 2.04. The average Bonchev–Trinajstić information content (AvgIpc) is 3.13. The van der Waals surface area contributed by atoms with E-state index in [1.165, 1.54) is 18.3 Å². The van der Waals surface area contributed by atoms with E-state index >= 15 is 0 Å². The number of hydrogen-bond donors (Lipinski definition) is 0. The lowest BCUT2D eigenvalue weighted by Crippen LogP contribution is -2.38. The predicted molar refractivity (Wildman–Crippen MR) is 84.6 cm³/mol. The fourth-order valence-electron chi connectivity index (χ4n) is 2.26. The van der Waals surface area contributed by atoms with Crippen LogP contribution in [0.25, 0.3) is 0 Å². The van der Waals surface area contributed by atoms with Crippen molar-refractivity contribution >= 4 is 24.0 Å². The van der Waals surface area contributed by atoms with Gasteiger partial charge in [-0.1, -0.05) is 13.8 Å². The molecule has 24 heavy (non-hydrogen) atoms. The highest BCUT2D eigenvalue weighted by molar-refractivity contribution is 6.02. The number of hydrazone groups is 1. The lowest BCUT2D eigenvalue weighted by Gasteiger charge is -2.21. The molecule has 0 aliphatic carbocycles. The number of imide groups is 1. The van der Waals surface area contributed by atoms with E-state index < -0.39 is 16.8 Å². The lowest BCUT2D eigenvalue weighted by molar-refractivity contribution is -0.402. The molecule has 0 bridgehead atoms. The highest BCUT2D eigenvalue weighted by atomic mass is 16.6. The van der Waals surface area contributed by atoms with Crippen LogP contribution in [-0.4, -0.2) is 70.6 Å².